The molecule has 0 saturated heterocycles. The maximum Gasteiger partial charge on any atom is 0.197 e. The fourth-order valence-corrected chi connectivity index (χ4v) is 2.41. The van der Waals surface area contributed by atoms with Crippen LogP contribution in [0, 0.1) is 6.92 Å². The van der Waals surface area contributed by atoms with Gasteiger partial charge in [-0.25, -0.2) is 0 Å². The lowest BCUT2D eigenvalue weighted by Crippen LogP contribution is -2.02. The predicted octanol–water partition coefficient (Wildman–Crippen LogP) is 2.89. The largest absolute Gasteiger partial charge is 0.507 e. The fourth-order valence-electron chi connectivity index (χ4n) is 2.41. The van der Waals surface area contributed by atoms with E-state index in [9.17, 15) is 20.1 Å². The third kappa shape index (κ3) is 2.34. The number of hydrogen-bond donors (Lipinski definition) is 3. The Morgan fingerprint density at radius 3 is 2.43 bits per heavy atom. The van der Waals surface area contributed by atoms with E-state index in [1.54, 1.807) is 6.92 Å². The van der Waals surface area contributed by atoms with Gasteiger partial charge in [0.25, 0.3) is 0 Å². The summed E-state index contributed by atoms with van der Waals surface area (Å²) >= 11 is 0. The van der Waals surface area contributed by atoms with E-state index in [1.165, 1.54) is 37.4 Å². The predicted molar refractivity (Wildman–Crippen MR) is 84.2 cm³/mol. The van der Waals surface area contributed by atoms with Crippen molar-refractivity contribution in [3.05, 3.63) is 46.1 Å². The molecule has 23 heavy (non-hydrogen) atoms. The molecule has 6 nitrogen and oxygen atoms in total. The minimum atomic E-state index is -0.419. The molecule has 3 N–H and O–H groups in total. The van der Waals surface area contributed by atoms with E-state index < -0.39 is 5.43 Å². The van der Waals surface area contributed by atoms with Gasteiger partial charge in [-0.3, -0.25) is 4.79 Å². The average molecular weight is 314 g/mol. The zero-order chi connectivity index (χ0) is 16.7. The van der Waals surface area contributed by atoms with E-state index in [2.05, 4.69) is 0 Å². The second kappa shape index (κ2) is 5.24. The summed E-state index contributed by atoms with van der Waals surface area (Å²) in [6, 6.07) is 6.83. The van der Waals surface area contributed by atoms with Gasteiger partial charge in [0.1, 0.15) is 28.2 Å². The molecule has 0 aliphatic carbocycles. The van der Waals surface area contributed by atoms with Gasteiger partial charge in [-0.05, 0) is 25.1 Å². The van der Waals surface area contributed by atoms with E-state index in [4.69, 9.17) is 9.15 Å². The van der Waals surface area contributed by atoms with E-state index >= 15 is 0 Å². The molecule has 3 aromatic rings. The Bertz CT molecular complexity index is 971. The van der Waals surface area contributed by atoms with Crippen LogP contribution in [0.15, 0.2) is 39.5 Å². The Morgan fingerprint density at radius 2 is 1.78 bits per heavy atom. The molecular weight excluding hydrogens is 300 g/mol. The van der Waals surface area contributed by atoms with Crippen LogP contribution in [0.4, 0.5) is 0 Å². The number of hydrogen-bond acceptors (Lipinski definition) is 6. The molecule has 3 rings (SSSR count). The first-order chi connectivity index (χ1) is 10.9. The van der Waals surface area contributed by atoms with Crippen molar-refractivity contribution in [1.82, 2.24) is 0 Å². The third-order valence-corrected chi connectivity index (χ3v) is 3.68. The molecule has 0 bridgehead atoms. The molecule has 0 amide bonds. The maximum absolute atomic E-state index is 12.3. The molecule has 0 aliphatic heterocycles. The highest BCUT2D eigenvalue weighted by Gasteiger charge is 2.16. The van der Waals surface area contributed by atoms with Crippen molar-refractivity contribution < 1.29 is 24.5 Å². The molecule has 0 radical (unpaired) electrons. The van der Waals surface area contributed by atoms with Crippen molar-refractivity contribution in [1.29, 1.82) is 0 Å². The monoisotopic (exact) mass is 314 g/mol. The lowest BCUT2D eigenvalue weighted by Gasteiger charge is -2.10. The van der Waals surface area contributed by atoms with Gasteiger partial charge in [-0.15, -0.1) is 0 Å². The van der Waals surface area contributed by atoms with Gasteiger partial charge in [0.05, 0.1) is 7.11 Å². The van der Waals surface area contributed by atoms with Crippen LogP contribution in [0.25, 0.3) is 22.3 Å². The van der Waals surface area contributed by atoms with Crippen LogP contribution >= 0.6 is 0 Å². The highest BCUT2D eigenvalue weighted by molar-refractivity contribution is 5.88. The number of aromatic hydroxyl groups is 3. The van der Waals surface area contributed by atoms with Gasteiger partial charge >= 0.3 is 0 Å². The van der Waals surface area contributed by atoms with Gasteiger partial charge in [0.2, 0.25) is 0 Å². The first-order valence-corrected chi connectivity index (χ1v) is 6.79. The Labute approximate surface area is 130 Å². The standard InChI is InChI=1S/C17H14O6/c1-8-13(22-2)7-15-16(17(8)21)12(20)6-14(23-15)9-3-4-10(18)11(19)5-9/h3-7,18-19,21H,1-2H3. The topological polar surface area (TPSA) is 100 Å². The molecule has 0 unspecified atom stereocenters. The molecule has 118 valence electrons. The lowest BCUT2D eigenvalue weighted by molar-refractivity contribution is 0.403. The number of methoxy groups -OCH3 is 1. The van der Waals surface area contributed by atoms with Gasteiger partial charge in [-0.1, -0.05) is 0 Å². The minimum Gasteiger partial charge on any atom is -0.507 e. The molecule has 0 atom stereocenters. The lowest BCUT2D eigenvalue weighted by atomic mass is 10.1. The van der Waals surface area contributed by atoms with Gasteiger partial charge in [0.15, 0.2) is 16.9 Å². The van der Waals surface area contributed by atoms with Gasteiger partial charge < -0.3 is 24.5 Å². The number of rotatable bonds is 2. The Kier molecular flexibility index (Phi) is 3.37. The van der Waals surface area contributed by atoms with Crippen LogP contribution in [0.1, 0.15) is 5.56 Å². The number of benzene rings is 2. The summed E-state index contributed by atoms with van der Waals surface area (Å²) in [6.07, 6.45) is 0. The third-order valence-electron chi connectivity index (χ3n) is 3.68. The quantitative estimate of drug-likeness (QED) is 0.629. The summed E-state index contributed by atoms with van der Waals surface area (Å²) in [6.45, 7) is 1.64. The van der Waals surface area contributed by atoms with Crippen LogP contribution in [0.2, 0.25) is 0 Å². The number of phenolic OH excluding ortho intramolecular Hbond substituents is 3. The molecule has 6 heteroatoms. The molecule has 1 heterocycles. The summed E-state index contributed by atoms with van der Waals surface area (Å²) in [5, 5.41) is 29.2. The van der Waals surface area contributed by atoms with E-state index in [-0.39, 0.29) is 34.0 Å². The van der Waals surface area contributed by atoms with E-state index in [1.807, 2.05) is 0 Å². The van der Waals surface area contributed by atoms with Crippen molar-refractivity contribution in [2.75, 3.05) is 7.11 Å². The van der Waals surface area contributed by atoms with Gasteiger partial charge in [-0.2, -0.15) is 0 Å². The second-order valence-corrected chi connectivity index (χ2v) is 5.10. The smallest absolute Gasteiger partial charge is 0.197 e. The molecule has 0 aliphatic rings. The number of fused-ring (bicyclic) bond motifs is 1. The van der Waals surface area contributed by atoms with Crippen LogP contribution in [0.3, 0.4) is 0 Å². The van der Waals surface area contributed by atoms with Crippen LogP contribution in [-0.2, 0) is 0 Å². The molecular formula is C17H14O6. The summed E-state index contributed by atoms with van der Waals surface area (Å²) in [7, 11) is 1.45. The first-order valence-electron chi connectivity index (χ1n) is 6.79. The Morgan fingerprint density at radius 1 is 1.04 bits per heavy atom. The summed E-state index contributed by atoms with van der Waals surface area (Å²) in [5.74, 6) is -0.193. The first kappa shape index (κ1) is 14.8. The zero-order valence-electron chi connectivity index (χ0n) is 12.5. The van der Waals surface area contributed by atoms with Gasteiger partial charge in [0, 0.05) is 23.3 Å². The molecule has 1 aromatic heterocycles. The number of phenols is 3. The highest BCUT2D eigenvalue weighted by atomic mass is 16.5. The van der Waals surface area contributed by atoms with Crippen molar-refractivity contribution in [2.24, 2.45) is 0 Å². The van der Waals surface area contributed by atoms with Crippen molar-refractivity contribution in [2.45, 2.75) is 6.92 Å². The second-order valence-electron chi connectivity index (χ2n) is 5.10. The fraction of sp³-hybridized carbons (Fsp3) is 0.118. The molecule has 0 saturated carbocycles. The molecule has 2 aromatic carbocycles. The normalized spacial score (nSPS) is 10.9. The summed E-state index contributed by atoms with van der Waals surface area (Å²) in [4.78, 5) is 12.3. The van der Waals surface area contributed by atoms with Crippen molar-refractivity contribution >= 4 is 11.0 Å². The van der Waals surface area contributed by atoms with E-state index in [0.29, 0.717) is 16.9 Å². The van der Waals surface area contributed by atoms with Crippen LogP contribution in [0.5, 0.6) is 23.0 Å². The minimum absolute atomic E-state index is 0.0649. The zero-order valence-corrected chi connectivity index (χ0v) is 12.5. The Balaban J connectivity index is 2.31. The summed E-state index contributed by atoms with van der Waals surface area (Å²) < 4.78 is 10.8. The van der Waals surface area contributed by atoms with Crippen molar-refractivity contribution in [3.63, 3.8) is 0 Å². The molecule has 0 spiro atoms. The highest BCUT2D eigenvalue weighted by Crippen LogP contribution is 2.36. The Hall–Kier alpha value is -3.15. The SMILES string of the molecule is COc1cc2oc(-c3ccc(O)c(O)c3)cc(=O)c2c(O)c1C. The summed E-state index contributed by atoms with van der Waals surface area (Å²) in [5.41, 5.74) is 0.609. The number of ether oxygens (including phenoxy) is 1. The van der Waals surface area contributed by atoms with Crippen molar-refractivity contribution in [3.8, 4) is 34.3 Å². The van der Waals surface area contributed by atoms with Crippen LogP contribution in [-0.4, -0.2) is 22.4 Å². The maximum atomic E-state index is 12.3. The van der Waals surface area contributed by atoms with Crippen LogP contribution < -0.4 is 10.2 Å². The molecule has 0 fully saturated rings. The average Bonchev–Trinajstić information content (AvgIpc) is 2.52. The van der Waals surface area contributed by atoms with E-state index in [0.717, 1.165) is 0 Å².